The van der Waals surface area contributed by atoms with Gasteiger partial charge >= 0.3 is 0 Å². The van der Waals surface area contributed by atoms with Gasteiger partial charge in [0.05, 0.1) is 31.0 Å². The molecule has 9 nitrogen and oxygen atoms in total. The number of nitrogens with zero attached hydrogens (tertiary/aromatic N) is 5. The van der Waals surface area contributed by atoms with E-state index < -0.39 is 11.6 Å². The second-order valence-electron chi connectivity index (χ2n) is 8.94. The molecule has 0 aliphatic carbocycles. The van der Waals surface area contributed by atoms with Crippen molar-refractivity contribution in [1.29, 1.82) is 0 Å². The summed E-state index contributed by atoms with van der Waals surface area (Å²) in [6.45, 7) is 0.292. The quantitative estimate of drug-likeness (QED) is 0.268. The van der Waals surface area contributed by atoms with Crippen LogP contribution in [0.15, 0.2) is 96.2 Å². The van der Waals surface area contributed by atoms with Crippen LogP contribution in [0.3, 0.4) is 0 Å². The van der Waals surface area contributed by atoms with E-state index in [0.29, 0.717) is 34.9 Å². The molecule has 1 atom stereocenters. The number of methoxy groups -OCH3 is 1. The van der Waals surface area contributed by atoms with Gasteiger partial charge in [0.15, 0.2) is 5.15 Å². The minimum absolute atomic E-state index is 0.216. The van der Waals surface area contributed by atoms with Gasteiger partial charge in [-0.05, 0) is 41.5 Å². The molecule has 3 aromatic carbocycles. The van der Waals surface area contributed by atoms with Crippen molar-refractivity contribution < 1.29 is 9.53 Å². The van der Waals surface area contributed by atoms with Crippen molar-refractivity contribution in [2.24, 2.45) is 0 Å². The fourth-order valence-corrected chi connectivity index (χ4v) is 4.57. The highest BCUT2D eigenvalue weighted by molar-refractivity contribution is 6.31. The maximum atomic E-state index is 13.5. The van der Waals surface area contributed by atoms with E-state index in [9.17, 15) is 9.59 Å². The number of hydrogen-bond acceptors (Lipinski definition) is 6. The van der Waals surface area contributed by atoms with Crippen LogP contribution in [0, 0.1) is 0 Å². The molecule has 11 heteroatoms. The highest BCUT2D eigenvalue weighted by atomic mass is 35.5. The van der Waals surface area contributed by atoms with Crippen molar-refractivity contribution >= 4 is 29.1 Å². The van der Waals surface area contributed by atoms with Gasteiger partial charge in [-0.2, -0.15) is 0 Å². The van der Waals surface area contributed by atoms with Gasteiger partial charge in [0, 0.05) is 29.6 Å². The first-order valence-corrected chi connectivity index (χ1v) is 13.1. The zero-order chi connectivity index (χ0) is 28.1. The van der Waals surface area contributed by atoms with Gasteiger partial charge in [-0.1, -0.05) is 70.9 Å². The topological polar surface area (TPSA) is 104 Å². The van der Waals surface area contributed by atoms with Crippen LogP contribution in [-0.2, 0) is 17.8 Å². The second-order valence-corrected chi connectivity index (χ2v) is 9.76. The van der Waals surface area contributed by atoms with Gasteiger partial charge in [0.2, 0.25) is 5.91 Å². The number of amides is 1. The molecule has 202 valence electrons. The van der Waals surface area contributed by atoms with E-state index in [0.717, 1.165) is 16.9 Å². The number of carbonyl (C=O) groups is 1. The van der Waals surface area contributed by atoms with E-state index in [1.165, 1.54) is 21.6 Å². The summed E-state index contributed by atoms with van der Waals surface area (Å²) < 4.78 is 8.02. The van der Waals surface area contributed by atoms with Crippen LogP contribution in [0.1, 0.15) is 17.2 Å². The third-order valence-corrected chi connectivity index (χ3v) is 6.73. The number of nitrogens with one attached hydrogen (secondary N) is 1. The van der Waals surface area contributed by atoms with Crippen LogP contribution in [0.2, 0.25) is 10.2 Å². The number of ether oxygens (including phenoxy) is 1. The summed E-state index contributed by atoms with van der Waals surface area (Å²) in [5, 5.41) is 11.5. The summed E-state index contributed by atoms with van der Waals surface area (Å²) in [5.74, 6) is 0.418. The Balaban J connectivity index is 1.46. The van der Waals surface area contributed by atoms with E-state index in [1.807, 2.05) is 54.6 Å². The van der Waals surface area contributed by atoms with Crippen LogP contribution in [0.4, 0.5) is 0 Å². The molecule has 2 aromatic heterocycles. The van der Waals surface area contributed by atoms with Crippen LogP contribution >= 0.6 is 23.2 Å². The Hall–Kier alpha value is -4.47. The van der Waals surface area contributed by atoms with E-state index in [1.54, 1.807) is 31.5 Å². The Bertz CT molecular complexity index is 1690. The fraction of sp³-hybridized carbons (Fsp3) is 0.138. The predicted molar refractivity (Wildman–Crippen MR) is 153 cm³/mol. The average molecular weight is 575 g/mol. The van der Waals surface area contributed by atoms with Gasteiger partial charge in [0.25, 0.3) is 5.56 Å². The van der Waals surface area contributed by atoms with Gasteiger partial charge in [0.1, 0.15) is 11.8 Å². The van der Waals surface area contributed by atoms with Crippen LogP contribution < -0.4 is 15.6 Å². The first kappa shape index (κ1) is 27.1. The van der Waals surface area contributed by atoms with E-state index >= 15 is 0 Å². The monoisotopic (exact) mass is 574 g/mol. The largest absolute Gasteiger partial charge is 0.497 e. The normalized spacial score (nSPS) is 11.7. The molecule has 40 heavy (non-hydrogen) atoms. The zero-order valence-corrected chi connectivity index (χ0v) is 22.9. The summed E-state index contributed by atoms with van der Waals surface area (Å²) in [4.78, 5) is 31.5. The third-order valence-electron chi connectivity index (χ3n) is 6.32. The third kappa shape index (κ3) is 6.22. The van der Waals surface area contributed by atoms with E-state index in [4.69, 9.17) is 27.9 Å². The molecule has 0 radical (unpaired) electrons. The molecular weight excluding hydrogens is 551 g/mol. The lowest BCUT2D eigenvalue weighted by Crippen LogP contribution is -2.38. The molecule has 1 amide bonds. The Morgan fingerprint density at radius 3 is 2.45 bits per heavy atom. The molecule has 1 unspecified atom stereocenters. The summed E-state index contributed by atoms with van der Waals surface area (Å²) in [6.07, 6.45) is 3.23. The molecular formula is C29H24Cl2N6O3. The summed E-state index contributed by atoms with van der Waals surface area (Å²) >= 11 is 12.2. The summed E-state index contributed by atoms with van der Waals surface area (Å²) in [6, 6.07) is 22.6. The number of aromatic nitrogens is 5. The lowest BCUT2D eigenvalue weighted by atomic mass is 10.0. The zero-order valence-electron chi connectivity index (χ0n) is 21.4. The van der Waals surface area contributed by atoms with Crippen LogP contribution in [-0.4, -0.2) is 37.6 Å². The number of rotatable bonds is 9. The highest BCUT2D eigenvalue weighted by Gasteiger charge is 2.23. The Labute approximate surface area is 240 Å². The average Bonchev–Trinajstić information content (AvgIpc) is 3.41. The van der Waals surface area contributed by atoms with Crippen LogP contribution in [0.5, 0.6) is 5.75 Å². The van der Waals surface area contributed by atoms with Crippen molar-refractivity contribution in [3.63, 3.8) is 0 Å². The molecule has 0 fully saturated rings. The first-order valence-electron chi connectivity index (χ1n) is 12.3. The number of carbonyl (C=O) groups excluding carboxylic acids is 1. The fourth-order valence-electron chi connectivity index (χ4n) is 4.27. The van der Waals surface area contributed by atoms with Gasteiger partial charge in [-0.25, -0.2) is 9.67 Å². The van der Waals surface area contributed by atoms with Crippen LogP contribution in [0.25, 0.3) is 16.9 Å². The number of benzene rings is 3. The molecule has 0 aliphatic heterocycles. The van der Waals surface area contributed by atoms with Crippen molar-refractivity contribution in [3.8, 4) is 22.7 Å². The van der Waals surface area contributed by atoms with Crippen molar-refractivity contribution in [2.45, 2.75) is 19.0 Å². The molecule has 5 rings (SSSR count). The van der Waals surface area contributed by atoms with Crippen molar-refractivity contribution in [3.05, 3.63) is 123 Å². The maximum absolute atomic E-state index is 13.5. The number of hydrogen-bond donors (Lipinski definition) is 1. The maximum Gasteiger partial charge on any atom is 0.254 e. The smallest absolute Gasteiger partial charge is 0.254 e. The second kappa shape index (κ2) is 12.1. The molecule has 0 spiro atoms. The number of halogens is 2. The lowest BCUT2D eigenvalue weighted by Gasteiger charge is -2.20. The Kier molecular flexibility index (Phi) is 8.23. The molecule has 0 saturated carbocycles. The Morgan fingerprint density at radius 1 is 1.00 bits per heavy atom. The van der Waals surface area contributed by atoms with E-state index in [-0.39, 0.29) is 11.1 Å². The molecule has 2 heterocycles. The van der Waals surface area contributed by atoms with E-state index in [2.05, 4.69) is 20.6 Å². The molecule has 0 bridgehead atoms. The van der Waals surface area contributed by atoms with Crippen molar-refractivity contribution in [2.75, 3.05) is 7.11 Å². The Morgan fingerprint density at radius 2 is 1.77 bits per heavy atom. The minimum Gasteiger partial charge on any atom is -0.497 e. The highest BCUT2D eigenvalue weighted by Crippen LogP contribution is 2.28. The molecule has 5 aromatic rings. The predicted octanol–water partition coefficient (Wildman–Crippen LogP) is 4.91. The summed E-state index contributed by atoms with van der Waals surface area (Å²) in [5.41, 5.74) is 2.92. The van der Waals surface area contributed by atoms with Gasteiger partial charge in [-0.15, -0.1) is 5.10 Å². The molecule has 0 saturated heterocycles. The SMILES string of the molecule is COc1ccc(CNC(=O)C(Cc2ccccc2)n2cnc(-c3cc(Cl)ccc3-n3cc(Cl)nn3)cc2=O)cc1. The van der Waals surface area contributed by atoms with Crippen molar-refractivity contribution in [1.82, 2.24) is 29.9 Å². The molecule has 0 aliphatic rings. The lowest BCUT2D eigenvalue weighted by molar-refractivity contribution is -0.124. The minimum atomic E-state index is -0.831. The standard InChI is InChI=1S/C29H24Cl2N6O3/c1-40-22-10-7-20(8-11-22)16-32-29(39)26(13-19-5-3-2-4-6-19)36-18-33-24(15-28(36)38)23-14-21(30)9-12-25(23)37-17-27(31)34-35-37/h2-12,14-15,17-18,26H,13,16H2,1H3,(H,32,39). The summed E-state index contributed by atoms with van der Waals surface area (Å²) in [7, 11) is 1.60. The first-order chi connectivity index (χ1) is 19.4. The van der Waals surface area contributed by atoms with Gasteiger partial charge in [-0.3, -0.25) is 14.2 Å². The van der Waals surface area contributed by atoms with Gasteiger partial charge < -0.3 is 10.1 Å². The molecule has 1 N–H and O–H groups in total.